The molecular weight excluding hydrogens is 351 g/mol. The third-order valence-electron chi connectivity index (χ3n) is 3.52. The molecule has 24 heavy (non-hydrogen) atoms. The Balaban J connectivity index is 0. The van der Waals surface area contributed by atoms with Crippen molar-refractivity contribution in [1.29, 1.82) is 0 Å². The van der Waals surface area contributed by atoms with Gasteiger partial charge in [0.25, 0.3) is 0 Å². The molecule has 0 spiro atoms. The van der Waals surface area contributed by atoms with Gasteiger partial charge in [0.15, 0.2) is 0 Å². The molecule has 0 aliphatic carbocycles. The van der Waals surface area contributed by atoms with E-state index >= 15 is 0 Å². The first-order valence-corrected chi connectivity index (χ1v) is 10.4. The molecule has 0 radical (unpaired) electrons. The van der Waals surface area contributed by atoms with Crippen LogP contribution in [0.4, 0.5) is 0 Å². The molecule has 0 aromatic heterocycles. The van der Waals surface area contributed by atoms with Crippen LogP contribution in [0.3, 0.4) is 0 Å². The molecule has 0 bridgehead atoms. The van der Waals surface area contributed by atoms with Crippen LogP contribution in [0.1, 0.15) is 87.5 Å². The van der Waals surface area contributed by atoms with E-state index in [1.807, 2.05) is 6.92 Å². The average Bonchev–Trinajstić information content (AvgIpc) is 2.21. The second-order valence-corrected chi connectivity index (χ2v) is 10.8. The second-order valence-electron chi connectivity index (χ2n) is 9.35. The van der Waals surface area contributed by atoms with Crippen molar-refractivity contribution in [3.63, 3.8) is 0 Å². The first-order valence-electron chi connectivity index (χ1n) is 8.86. The van der Waals surface area contributed by atoms with Crippen molar-refractivity contribution in [3.8, 4) is 0 Å². The van der Waals surface area contributed by atoms with Gasteiger partial charge in [0, 0.05) is 0 Å². The van der Waals surface area contributed by atoms with Crippen LogP contribution < -0.4 is 0 Å². The van der Waals surface area contributed by atoms with Crippen molar-refractivity contribution in [2.24, 2.45) is 16.7 Å². The van der Waals surface area contributed by atoms with E-state index in [0.29, 0.717) is 17.8 Å². The number of hydrogen-bond donors (Lipinski definition) is 1. The summed E-state index contributed by atoms with van der Waals surface area (Å²) in [6, 6.07) is 0. The molecule has 0 saturated heterocycles. The molecule has 4 nitrogen and oxygen atoms in total. The van der Waals surface area contributed by atoms with Gasteiger partial charge in [0.2, 0.25) is 0 Å². The zero-order valence-corrected chi connectivity index (χ0v) is 17.4. The molecule has 0 aromatic rings. The zero-order valence-electron chi connectivity index (χ0n) is 16.5. The molecular formula is C18H41CaO4P. The molecule has 0 saturated carbocycles. The standard InChI is InChI=1S/C18H39O4P.Ca.2H/c1-15(13-17(3,4)5)11-9-10-12-21-23(19,20)22-16(2)14-18(6,7)8;;;/h15-16H,9-14H2,1-8H3,(H,19,20);;;. The Morgan fingerprint density at radius 3 is 1.92 bits per heavy atom. The van der Waals surface area contributed by atoms with E-state index in [1.165, 1.54) is 6.42 Å². The van der Waals surface area contributed by atoms with Crippen LogP contribution in [0.5, 0.6) is 0 Å². The van der Waals surface area contributed by atoms with E-state index in [4.69, 9.17) is 9.05 Å². The molecule has 0 fully saturated rings. The SMILES string of the molecule is CC(CCCCOP(=O)(O)OC(C)CC(C)(C)C)CC(C)(C)C.[CaH2]. The van der Waals surface area contributed by atoms with E-state index in [2.05, 4.69) is 48.5 Å². The number of hydrogen-bond acceptors (Lipinski definition) is 3. The molecule has 0 aliphatic rings. The Hall–Kier alpha value is 1.37. The second kappa shape index (κ2) is 12.0. The van der Waals surface area contributed by atoms with Gasteiger partial charge in [-0.1, -0.05) is 61.3 Å². The van der Waals surface area contributed by atoms with Crippen LogP contribution in [0, 0.1) is 16.7 Å². The predicted molar refractivity (Wildman–Crippen MR) is 106 cm³/mol. The number of phosphoric ester groups is 1. The normalized spacial score (nSPS) is 17.7. The van der Waals surface area contributed by atoms with Gasteiger partial charge in [-0.3, -0.25) is 9.05 Å². The van der Waals surface area contributed by atoms with Crippen LogP contribution in [-0.2, 0) is 13.6 Å². The molecule has 1 N–H and O–H groups in total. The molecule has 0 aromatic carbocycles. The molecule has 0 amide bonds. The van der Waals surface area contributed by atoms with Crippen molar-refractivity contribution in [1.82, 2.24) is 0 Å². The van der Waals surface area contributed by atoms with Crippen LogP contribution in [0.15, 0.2) is 0 Å². The van der Waals surface area contributed by atoms with E-state index < -0.39 is 7.82 Å². The van der Waals surface area contributed by atoms with Gasteiger partial charge in [0.05, 0.1) is 12.7 Å². The minimum atomic E-state index is -3.93. The van der Waals surface area contributed by atoms with Gasteiger partial charge in [-0.05, 0) is 42.9 Å². The fraction of sp³-hybridized carbons (Fsp3) is 1.00. The van der Waals surface area contributed by atoms with Crippen molar-refractivity contribution in [3.05, 3.63) is 0 Å². The number of rotatable bonds is 10. The number of unbranched alkanes of at least 4 members (excludes halogenated alkanes) is 1. The van der Waals surface area contributed by atoms with Gasteiger partial charge in [-0.15, -0.1) is 0 Å². The average molecular weight is 393 g/mol. The zero-order chi connectivity index (χ0) is 18.3. The molecule has 0 rings (SSSR count). The maximum atomic E-state index is 11.9. The summed E-state index contributed by atoms with van der Waals surface area (Å²) in [5.41, 5.74) is 0.413. The summed E-state index contributed by atoms with van der Waals surface area (Å²) in [7, 11) is -3.93. The first-order chi connectivity index (χ1) is 10.2. The predicted octanol–water partition coefficient (Wildman–Crippen LogP) is 5.27. The molecule has 6 heteroatoms. The maximum absolute atomic E-state index is 11.9. The summed E-state index contributed by atoms with van der Waals surface area (Å²) < 4.78 is 22.2. The fourth-order valence-electron chi connectivity index (χ4n) is 3.08. The summed E-state index contributed by atoms with van der Waals surface area (Å²) in [5.74, 6) is 0.666. The van der Waals surface area contributed by atoms with Crippen LogP contribution >= 0.6 is 7.82 Å². The van der Waals surface area contributed by atoms with E-state index in [-0.39, 0.29) is 55.9 Å². The van der Waals surface area contributed by atoms with E-state index in [0.717, 1.165) is 19.3 Å². The Morgan fingerprint density at radius 1 is 0.958 bits per heavy atom. The quantitative estimate of drug-likeness (QED) is 0.312. The first kappa shape index (κ1) is 27.6. The van der Waals surface area contributed by atoms with Gasteiger partial charge in [0.1, 0.15) is 0 Å². The van der Waals surface area contributed by atoms with E-state index in [9.17, 15) is 9.46 Å². The van der Waals surface area contributed by atoms with E-state index in [1.54, 1.807) is 0 Å². The van der Waals surface area contributed by atoms with Gasteiger partial charge in [-0.25, -0.2) is 4.57 Å². The van der Waals surface area contributed by atoms with Gasteiger partial charge >= 0.3 is 45.6 Å². The molecule has 3 unspecified atom stereocenters. The third kappa shape index (κ3) is 18.2. The topological polar surface area (TPSA) is 55.8 Å². The summed E-state index contributed by atoms with van der Waals surface area (Å²) in [5, 5.41) is 0. The Kier molecular flexibility index (Phi) is 13.7. The van der Waals surface area contributed by atoms with Crippen molar-refractivity contribution in [2.45, 2.75) is 93.6 Å². The van der Waals surface area contributed by atoms with Crippen LogP contribution in [-0.4, -0.2) is 55.3 Å². The summed E-state index contributed by atoms with van der Waals surface area (Å²) in [6.07, 6.45) is 4.53. The summed E-state index contributed by atoms with van der Waals surface area (Å²) in [6.45, 7) is 17.3. The fourth-order valence-corrected chi connectivity index (χ4v) is 4.03. The van der Waals surface area contributed by atoms with Gasteiger partial charge < -0.3 is 4.89 Å². The Morgan fingerprint density at radius 2 is 1.46 bits per heavy atom. The monoisotopic (exact) mass is 392 g/mol. The van der Waals surface area contributed by atoms with Crippen LogP contribution in [0.25, 0.3) is 0 Å². The minimum absolute atomic E-state index is 0. The van der Waals surface area contributed by atoms with Crippen molar-refractivity contribution >= 4 is 45.6 Å². The van der Waals surface area contributed by atoms with Gasteiger partial charge in [-0.2, -0.15) is 0 Å². The Labute approximate surface area is 180 Å². The molecule has 0 aliphatic heterocycles. The summed E-state index contributed by atoms with van der Waals surface area (Å²) in [4.78, 5) is 9.75. The Bertz CT molecular complexity index is 374. The van der Waals surface area contributed by atoms with Crippen molar-refractivity contribution in [2.75, 3.05) is 6.61 Å². The number of phosphoric acid groups is 1. The van der Waals surface area contributed by atoms with Crippen LogP contribution in [0.2, 0.25) is 0 Å². The van der Waals surface area contributed by atoms with Crippen molar-refractivity contribution < 1.29 is 18.5 Å². The third-order valence-corrected chi connectivity index (χ3v) is 4.65. The molecule has 144 valence electrons. The molecule has 3 atom stereocenters. The summed E-state index contributed by atoms with van der Waals surface area (Å²) >= 11 is 0. The molecule has 0 heterocycles.